The Kier molecular flexibility index (Phi) is 4.07. The molecule has 3 rings (SSSR count). The van der Waals surface area contributed by atoms with Crippen LogP contribution >= 0.6 is 0 Å². The molecule has 0 spiro atoms. The van der Waals surface area contributed by atoms with Crippen LogP contribution in [0.3, 0.4) is 0 Å². The van der Waals surface area contributed by atoms with Gasteiger partial charge >= 0.3 is 0 Å². The van der Waals surface area contributed by atoms with Gasteiger partial charge in [-0.3, -0.25) is 0 Å². The molecule has 19 heavy (non-hydrogen) atoms. The van der Waals surface area contributed by atoms with Crippen LogP contribution in [0.4, 0.5) is 5.69 Å². The van der Waals surface area contributed by atoms with Crippen LogP contribution in [0.5, 0.6) is 0 Å². The maximum atomic E-state index is 3.65. The highest BCUT2D eigenvalue weighted by molar-refractivity contribution is 5.53. The molecule has 1 aromatic rings. The van der Waals surface area contributed by atoms with Crippen molar-refractivity contribution in [1.29, 1.82) is 0 Å². The molecule has 2 fully saturated rings. The van der Waals surface area contributed by atoms with E-state index in [2.05, 4.69) is 41.4 Å². The fourth-order valence-electron chi connectivity index (χ4n) is 3.01. The fourth-order valence-corrected chi connectivity index (χ4v) is 3.01. The summed E-state index contributed by atoms with van der Waals surface area (Å²) < 4.78 is 0. The summed E-state index contributed by atoms with van der Waals surface area (Å²) in [5.74, 6) is 0.891. The van der Waals surface area contributed by atoms with Gasteiger partial charge in [0, 0.05) is 31.4 Å². The third kappa shape index (κ3) is 3.50. The summed E-state index contributed by atoms with van der Waals surface area (Å²) in [5.41, 5.74) is 2.94. The van der Waals surface area contributed by atoms with Crippen molar-refractivity contribution in [2.75, 3.05) is 18.0 Å². The summed E-state index contributed by atoms with van der Waals surface area (Å²) in [7, 11) is 0. The van der Waals surface area contributed by atoms with E-state index >= 15 is 0 Å². The second-order valence-electron chi connectivity index (χ2n) is 6.31. The van der Waals surface area contributed by atoms with E-state index in [9.17, 15) is 0 Å². The van der Waals surface area contributed by atoms with Gasteiger partial charge in [-0.2, -0.15) is 0 Å². The number of nitrogens with zero attached hydrogens (tertiary/aromatic N) is 1. The molecule has 1 unspecified atom stereocenters. The molecule has 1 heterocycles. The van der Waals surface area contributed by atoms with Gasteiger partial charge in [-0.1, -0.05) is 25.1 Å². The van der Waals surface area contributed by atoms with Crippen LogP contribution in [0.2, 0.25) is 0 Å². The zero-order valence-electron chi connectivity index (χ0n) is 12.1. The maximum Gasteiger partial charge on any atom is 0.0411 e. The highest BCUT2D eigenvalue weighted by Crippen LogP contribution is 2.26. The van der Waals surface area contributed by atoms with Gasteiger partial charge in [-0.15, -0.1) is 0 Å². The van der Waals surface area contributed by atoms with E-state index in [1.165, 1.54) is 56.4 Å². The molecule has 1 atom stereocenters. The largest absolute Gasteiger partial charge is 0.371 e. The van der Waals surface area contributed by atoms with E-state index in [0.29, 0.717) is 0 Å². The number of hydrogen-bond acceptors (Lipinski definition) is 2. The first-order valence-corrected chi connectivity index (χ1v) is 7.89. The summed E-state index contributed by atoms with van der Waals surface area (Å²) in [6.07, 6.45) is 6.79. The zero-order chi connectivity index (χ0) is 13.1. The molecule has 0 radical (unpaired) electrons. The smallest absolute Gasteiger partial charge is 0.0411 e. The molecule has 1 aliphatic carbocycles. The molecule has 1 N–H and O–H groups in total. The number of benzene rings is 1. The number of anilines is 1. The van der Waals surface area contributed by atoms with Gasteiger partial charge in [0.15, 0.2) is 0 Å². The van der Waals surface area contributed by atoms with Crippen molar-refractivity contribution in [3.8, 4) is 0 Å². The van der Waals surface area contributed by atoms with Gasteiger partial charge in [-0.25, -0.2) is 0 Å². The van der Waals surface area contributed by atoms with Crippen LogP contribution in [0.25, 0.3) is 0 Å². The SMILES string of the molecule is CC1CCCN(c2ccccc2CNC2CC2)CC1. The Morgan fingerprint density at radius 3 is 2.79 bits per heavy atom. The first-order valence-electron chi connectivity index (χ1n) is 7.89. The summed E-state index contributed by atoms with van der Waals surface area (Å²) in [6.45, 7) is 5.88. The van der Waals surface area contributed by atoms with E-state index in [-0.39, 0.29) is 0 Å². The molecule has 1 aliphatic heterocycles. The van der Waals surface area contributed by atoms with E-state index in [4.69, 9.17) is 0 Å². The van der Waals surface area contributed by atoms with Gasteiger partial charge in [0.05, 0.1) is 0 Å². The predicted molar refractivity (Wildman–Crippen MR) is 81.5 cm³/mol. The lowest BCUT2D eigenvalue weighted by Crippen LogP contribution is -2.26. The quantitative estimate of drug-likeness (QED) is 0.888. The van der Waals surface area contributed by atoms with Crippen LogP contribution in [0.1, 0.15) is 44.6 Å². The van der Waals surface area contributed by atoms with Crippen LogP contribution in [0.15, 0.2) is 24.3 Å². The van der Waals surface area contributed by atoms with Gasteiger partial charge in [0.25, 0.3) is 0 Å². The van der Waals surface area contributed by atoms with E-state index in [1.807, 2.05) is 0 Å². The standard InChI is InChI=1S/C17H26N2/c1-14-5-4-11-19(12-10-14)17-7-3-2-6-15(17)13-18-16-8-9-16/h2-3,6-7,14,16,18H,4-5,8-13H2,1H3. The molecule has 2 heteroatoms. The van der Waals surface area contributed by atoms with Crippen molar-refractivity contribution in [2.45, 2.75) is 51.6 Å². The van der Waals surface area contributed by atoms with E-state index < -0.39 is 0 Å². The first-order chi connectivity index (χ1) is 9.33. The highest BCUT2D eigenvalue weighted by Gasteiger charge is 2.21. The van der Waals surface area contributed by atoms with E-state index in [0.717, 1.165) is 18.5 Å². The third-order valence-electron chi connectivity index (χ3n) is 4.51. The van der Waals surface area contributed by atoms with Crippen LogP contribution in [0, 0.1) is 5.92 Å². The maximum absolute atomic E-state index is 3.65. The number of para-hydroxylation sites is 1. The molecular formula is C17H26N2. The summed E-state index contributed by atoms with van der Waals surface area (Å²) >= 11 is 0. The lowest BCUT2D eigenvalue weighted by atomic mass is 10.0. The highest BCUT2D eigenvalue weighted by atomic mass is 15.1. The average Bonchev–Trinajstić information content (AvgIpc) is 3.25. The molecule has 2 aliphatic rings. The molecule has 1 aromatic carbocycles. The lowest BCUT2D eigenvalue weighted by Gasteiger charge is -2.25. The molecule has 2 nitrogen and oxygen atoms in total. The van der Waals surface area contributed by atoms with Crippen LogP contribution in [-0.2, 0) is 6.54 Å². The summed E-state index contributed by atoms with van der Waals surface area (Å²) in [6, 6.07) is 9.74. The van der Waals surface area contributed by atoms with Crippen molar-refractivity contribution >= 4 is 5.69 Å². The fraction of sp³-hybridized carbons (Fsp3) is 0.647. The van der Waals surface area contributed by atoms with Gasteiger partial charge in [-0.05, 0) is 49.7 Å². The van der Waals surface area contributed by atoms with Crippen molar-refractivity contribution < 1.29 is 0 Å². The van der Waals surface area contributed by atoms with Gasteiger partial charge < -0.3 is 10.2 Å². The number of rotatable bonds is 4. The van der Waals surface area contributed by atoms with Crippen molar-refractivity contribution in [3.05, 3.63) is 29.8 Å². The predicted octanol–water partition coefficient (Wildman–Crippen LogP) is 3.57. The van der Waals surface area contributed by atoms with Gasteiger partial charge in [0.2, 0.25) is 0 Å². The Hall–Kier alpha value is -1.02. The molecule has 0 bridgehead atoms. The Bertz CT molecular complexity index is 411. The van der Waals surface area contributed by atoms with Crippen LogP contribution in [-0.4, -0.2) is 19.1 Å². The molecule has 1 saturated carbocycles. The topological polar surface area (TPSA) is 15.3 Å². The second-order valence-corrected chi connectivity index (χ2v) is 6.31. The average molecular weight is 258 g/mol. The number of hydrogen-bond donors (Lipinski definition) is 1. The molecule has 104 valence electrons. The molecule has 0 aromatic heterocycles. The molecule has 1 saturated heterocycles. The minimum atomic E-state index is 0.789. The summed E-state index contributed by atoms with van der Waals surface area (Å²) in [5, 5.41) is 3.65. The Labute approximate surface area is 117 Å². The third-order valence-corrected chi connectivity index (χ3v) is 4.51. The summed E-state index contributed by atoms with van der Waals surface area (Å²) in [4.78, 5) is 2.60. The number of nitrogens with one attached hydrogen (secondary N) is 1. The molecular weight excluding hydrogens is 232 g/mol. The van der Waals surface area contributed by atoms with Gasteiger partial charge in [0.1, 0.15) is 0 Å². The zero-order valence-corrected chi connectivity index (χ0v) is 12.1. The normalized spacial score (nSPS) is 24.3. The molecule has 0 amide bonds. The Morgan fingerprint density at radius 1 is 1.11 bits per heavy atom. The Morgan fingerprint density at radius 2 is 1.95 bits per heavy atom. The van der Waals surface area contributed by atoms with Crippen molar-refractivity contribution in [3.63, 3.8) is 0 Å². The minimum absolute atomic E-state index is 0.789. The van der Waals surface area contributed by atoms with Crippen LogP contribution < -0.4 is 10.2 Å². The van der Waals surface area contributed by atoms with Crippen molar-refractivity contribution in [2.24, 2.45) is 5.92 Å². The lowest BCUT2D eigenvalue weighted by molar-refractivity contribution is 0.521. The monoisotopic (exact) mass is 258 g/mol. The van der Waals surface area contributed by atoms with E-state index in [1.54, 1.807) is 0 Å². The first kappa shape index (κ1) is 13.0. The Balaban J connectivity index is 1.70. The second kappa shape index (κ2) is 5.96. The van der Waals surface area contributed by atoms with Crippen molar-refractivity contribution in [1.82, 2.24) is 5.32 Å². The minimum Gasteiger partial charge on any atom is -0.371 e.